The summed E-state index contributed by atoms with van der Waals surface area (Å²) in [4.78, 5) is 10.2. The zero-order valence-electron chi connectivity index (χ0n) is 7.71. The van der Waals surface area contributed by atoms with Crippen molar-refractivity contribution in [3.05, 3.63) is 35.1 Å². The molecule has 0 heterocycles. The van der Waals surface area contributed by atoms with Gasteiger partial charge in [0.1, 0.15) is 5.82 Å². The molecule has 0 spiro atoms. The van der Waals surface area contributed by atoms with Gasteiger partial charge >= 0.3 is 12.1 Å². The van der Waals surface area contributed by atoms with Crippen LogP contribution in [0.2, 0.25) is 0 Å². The Morgan fingerprint density at radius 2 is 1.88 bits per heavy atom. The smallest absolute Gasteiger partial charge is 0.419 e. The molecule has 0 saturated carbocycles. The molecule has 0 unspecified atom stereocenters. The molecule has 0 amide bonds. The number of carboxylic acids is 1. The summed E-state index contributed by atoms with van der Waals surface area (Å²) in [6, 6.07) is 2.06. The van der Waals surface area contributed by atoms with E-state index in [9.17, 15) is 22.4 Å². The summed E-state index contributed by atoms with van der Waals surface area (Å²) < 4.78 is 49.1. The molecule has 0 aromatic heterocycles. The van der Waals surface area contributed by atoms with Crippen LogP contribution in [0.5, 0.6) is 0 Å². The van der Waals surface area contributed by atoms with E-state index in [1.807, 2.05) is 0 Å². The number of benzene rings is 1. The van der Waals surface area contributed by atoms with E-state index in [1.165, 1.54) is 0 Å². The Morgan fingerprint density at radius 1 is 1.31 bits per heavy atom. The van der Waals surface area contributed by atoms with Crippen LogP contribution < -0.4 is 0 Å². The normalized spacial score (nSPS) is 10.8. The Kier molecular flexibility index (Phi) is 4.74. The molecule has 1 N–H and O–H groups in total. The zero-order valence-corrected chi connectivity index (χ0v) is 8.53. The molecule has 0 aliphatic heterocycles. The van der Waals surface area contributed by atoms with Crippen molar-refractivity contribution in [1.29, 1.82) is 0 Å². The Labute approximate surface area is 94.3 Å². The predicted octanol–water partition coefficient (Wildman–Crippen LogP) is 2.89. The average molecular weight is 259 g/mol. The molecule has 0 atom stereocenters. The number of halogens is 5. The average Bonchev–Trinajstić information content (AvgIpc) is 1.99. The van der Waals surface area contributed by atoms with Gasteiger partial charge in [-0.05, 0) is 17.7 Å². The van der Waals surface area contributed by atoms with Crippen LogP contribution in [0, 0.1) is 5.82 Å². The number of carbonyl (C=O) groups is 1. The molecule has 0 aliphatic carbocycles. The number of rotatable bonds is 2. The van der Waals surface area contributed by atoms with Gasteiger partial charge in [-0.3, -0.25) is 4.79 Å². The van der Waals surface area contributed by atoms with Crippen LogP contribution >= 0.6 is 12.4 Å². The van der Waals surface area contributed by atoms with Gasteiger partial charge in [-0.1, -0.05) is 6.07 Å². The predicted molar refractivity (Wildman–Crippen MR) is 50.0 cm³/mol. The van der Waals surface area contributed by atoms with Gasteiger partial charge in [-0.15, -0.1) is 12.4 Å². The van der Waals surface area contributed by atoms with Gasteiger partial charge in [0.2, 0.25) is 0 Å². The monoisotopic (exact) mass is 258 g/mol. The molecule has 0 radical (unpaired) electrons. The summed E-state index contributed by atoms with van der Waals surface area (Å²) in [5, 5.41) is 8.34. The van der Waals surface area contributed by atoms with Crippen LogP contribution in [0.4, 0.5) is 17.6 Å². The quantitative estimate of drug-likeness (QED) is 0.828. The highest BCUT2D eigenvalue weighted by Crippen LogP contribution is 2.31. The molecule has 0 bridgehead atoms. The number of carboxylic acid groups (broad SMARTS) is 1. The molecule has 16 heavy (non-hydrogen) atoms. The molecule has 90 valence electrons. The number of aliphatic carboxylic acids is 1. The third-order valence-corrected chi connectivity index (χ3v) is 1.69. The van der Waals surface area contributed by atoms with Crippen molar-refractivity contribution in [2.45, 2.75) is 12.6 Å². The highest BCUT2D eigenvalue weighted by molar-refractivity contribution is 5.85. The third-order valence-electron chi connectivity index (χ3n) is 1.69. The first-order valence-corrected chi connectivity index (χ1v) is 3.88. The van der Waals surface area contributed by atoms with Crippen molar-refractivity contribution in [2.24, 2.45) is 0 Å². The Hall–Kier alpha value is -1.30. The summed E-state index contributed by atoms with van der Waals surface area (Å²) in [5.74, 6) is -2.68. The summed E-state index contributed by atoms with van der Waals surface area (Å²) in [5.41, 5.74) is -1.40. The van der Waals surface area contributed by atoms with Gasteiger partial charge in [0.25, 0.3) is 0 Å². The highest BCUT2D eigenvalue weighted by atomic mass is 35.5. The molecule has 1 rings (SSSR count). The first kappa shape index (κ1) is 14.7. The Balaban J connectivity index is 0.00000225. The lowest BCUT2D eigenvalue weighted by Gasteiger charge is -2.08. The van der Waals surface area contributed by atoms with Gasteiger partial charge in [0.05, 0.1) is 12.0 Å². The van der Waals surface area contributed by atoms with Crippen LogP contribution in [0.25, 0.3) is 0 Å². The zero-order chi connectivity index (χ0) is 11.6. The van der Waals surface area contributed by atoms with Gasteiger partial charge in [0, 0.05) is 0 Å². The summed E-state index contributed by atoms with van der Waals surface area (Å²) in [6.45, 7) is 0. The molecule has 1 aromatic carbocycles. The molecule has 2 nitrogen and oxygen atoms in total. The first-order chi connectivity index (χ1) is 6.80. The van der Waals surface area contributed by atoms with Gasteiger partial charge in [-0.2, -0.15) is 13.2 Å². The lowest BCUT2D eigenvalue weighted by atomic mass is 10.1. The van der Waals surface area contributed by atoms with E-state index < -0.39 is 29.9 Å². The van der Waals surface area contributed by atoms with Crippen molar-refractivity contribution in [3.63, 3.8) is 0 Å². The lowest BCUT2D eigenvalue weighted by molar-refractivity contribution is -0.140. The van der Waals surface area contributed by atoms with Gasteiger partial charge in [0.15, 0.2) is 0 Å². The topological polar surface area (TPSA) is 37.3 Å². The summed E-state index contributed by atoms with van der Waals surface area (Å²) in [6.07, 6.45) is -5.26. The molecule has 0 fully saturated rings. The van der Waals surface area contributed by atoms with Crippen LogP contribution in [0.15, 0.2) is 18.2 Å². The van der Waals surface area contributed by atoms with E-state index in [-0.39, 0.29) is 18.0 Å². The molecule has 0 aliphatic rings. The lowest BCUT2D eigenvalue weighted by Crippen LogP contribution is -2.09. The number of alkyl halides is 3. The maximum atomic E-state index is 12.9. The van der Waals surface area contributed by atoms with Gasteiger partial charge < -0.3 is 5.11 Å². The minimum absolute atomic E-state index is 0. The van der Waals surface area contributed by atoms with E-state index in [1.54, 1.807) is 0 Å². The van der Waals surface area contributed by atoms with E-state index in [2.05, 4.69) is 0 Å². The van der Waals surface area contributed by atoms with E-state index in [4.69, 9.17) is 5.11 Å². The second kappa shape index (κ2) is 5.16. The second-order valence-corrected chi connectivity index (χ2v) is 2.88. The van der Waals surface area contributed by atoms with Crippen LogP contribution in [0.1, 0.15) is 11.1 Å². The van der Waals surface area contributed by atoms with Gasteiger partial charge in [-0.25, -0.2) is 4.39 Å². The van der Waals surface area contributed by atoms with Crippen molar-refractivity contribution >= 4 is 18.4 Å². The van der Waals surface area contributed by atoms with Crippen molar-refractivity contribution < 1.29 is 27.5 Å². The van der Waals surface area contributed by atoms with Crippen LogP contribution in [-0.2, 0) is 17.4 Å². The Bertz CT molecular complexity index is 390. The fraction of sp³-hybridized carbons (Fsp3) is 0.222. The van der Waals surface area contributed by atoms with Crippen LogP contribution in [-0.4, -0.2) is 11.1 Å². The van der Waals surface area contributed by atoms with Crippen molar-refractivity contribution in [3.8, 4) is 0 Å². The molecule has 7 heteroatoms. The maximum absolute atomic E-state index is 12.9. The fourth-order valence-electron chi connectivity index (χ4n) is 1.07. The first-order valence-electron chi connectivity index (χ1n) is 3.88. The van der Waals surface area contributed by atoms with E-state index in [0.29, 0.717) is 12.1 Å². The number of hydrogen-bond acceptors (Lipinski definition) is 1. The summed E-state index contributed by atoms with van der Waals surface area (Å²) in [7, 11) is 0. The summed E-state index contributed by atoms with van der Waals surface area (Å²) >= 11 is 0. The fourth-order valence-corrected chi connectivity index (χ4v) is 1.07. The largest absolute Gasteiger partial charge is 0.481 e. The molecule has 1 aromatic rings. The SMILES string of the molecule is Cl.O=C(O)Cc1ccc(C(F)(F)F)c(F)c1. The maximum Gasteiger partial charge on any atom is 0.419 e. The Morgan fingerprint density at radius 3 is 2.25 bits per heavy atom. The standard InChI is InChI=1S/C9H6F4O2.ClH/c10-7-3-5(4-8(14)15)1-2-6(7)9(11,12)13;/h1-3H,4H2,(H,14,15);1H. The van der Waals surface area contributed by atoms with Crippen molar-refractivity contribution in [1.82, 2.24) is 0 Å². The third kappa shape index (κ3) is 3.69. The van der Waals surface area contributed by atoms with Crippen molar-refractivity contribution in [2.75, 3.05) is 0 Å². The van der Waals surface area contributed by atoms with Crippen LogP contribution in [0.3, 0.4) is 0 Å². The molecule has 0 saturated heterocycles. The minimum Gasteiger partial charge on any atom is -0.481 e. The van der Waals surface area contributed by atoms with E-state index in [0.717, 1.165) is 6.07 Å². The number of hydrogen-bond donors (Lipinski definition) is 1. The highest BCUT2D eigenvalue weighted by Gasteiger charge is 2.33. The molecular formula is C9H7ClF4O2. The minimum atomic E-state index is -4.76. The van der Waals surface area contributed by atoms with E-state index >= 15 is 0 Å². The molecular weight excluding hydrogens is 252 g/mol. The second-order valence-electron chi connectivity index (χ2n) is 2.88.